The summed E-state index contributed by atoms with van der Waals surface area (Å²) in [6.45, 7) is 3.84. The van der Waals surface area contributed by atoms with Gasteiger partial charge in [-0.3, -0.25) is 14.4 Å². The third kappa shape index (κ3) is 3.73. The van der Waals surface area contributed by atoms with Gasteiger partial charge < -0.3 is 24.7 Å². The smallest absolute Gasteiger partial charge is 0.274 e. The number of carbonyl (C=O) groups excluding carboxylic acids is 2. The van der Waals surface area contributed by atoms with Crippen LogP contribution < -0.4 is 10.7 Å². The third-order valence-corrected chi connectivity index (χ3v) is 7.47. The van der Waals surface area contributed by atoms with Crippen LogP contribution in [0.3, 0.4) is 0 Å². The summed E-state index contributed by atoms with van der Waals surface area (Å²) in [4.78, 5) is 46.9. The zero-order chi connectivity index (χ0) is 25.8. The van der Waals surface area contributed by atoms with Crippen LogP contribution in [0.4, 0.5) is 8.78 Å². The molecule has 0 radical (unpaired) electrons. The van der Waals surface area contributed by atoms with E-state index in [2.05, 4.69) is 10.5 Å². The summed E-state index contributed by atoms with van der Waals surface area (Å²) in [5.41, 5.74) is -1.50. The number of amides is 2. The Morgan fingerprint density at radius 2 is 2.11 bits per heavy atom. The Labute approximate surface area is 205 Å². The van der Waals surface area contributed by atoms with Gasteiger partial charge in [0.25, 0.3) is 11.8 Å². The Balaban J connectivity index is 1.54. The molecule has 0 saturated carbocycles. The summed E-state index contributed by atoms with van der Waals surface area (Å²) >= 11 is 0. The van der Waals surface area contributed by atoms with Crippen LogP contribution in [0.2, 0.25) is 0 Å². The monoisotopic (exact) mass is 500 g/mol. The Morgan fingerprint density at radius 3 is 2.81 bits per heavy atom. The minimum absolute atomic E-state index is 0.0261. The van der Waals surface area contributed by atoms with Gasteiger partial charge in [-0.25, -0.2) is 8.78 Å². The maximum Gasteiger partial charge on any atom is 0.274 e. The van der Waals surface area contributed by atoms with Crippen molar-refractivity contribution in [3.63, 3.8) is 0 Å². The third-order valence-electron chi connectivity index (χ3n) is 7.47. The molecule has 1 aromatic carbocycles. The molecule has 0 unspecified atom stereocenters. The maximum absolute atomic E-state index is 14.0. The molecule has 1 fully saturated rings. The number of rotatable bonds is 4. The molecule has 2 amide bonds. The van der Waals surface area contributed by atoms with Crippen molar-refractivity contribution in [1.29, 1.82) is 0 Å². The van der Waals surface area contributed by atoms with Gasteiger partial charge in [-0.1, -0.05) is 18.1 Å². The van der Waals surface area contributed by atoms with Crippen molar-refractivity contribution < 1.29 is 28.3 Å². The van der Waals surface area contributed by atoms with Crippen molar-refractivity contribution in [3.05, 3.63) is 63.1 Å². The number of aromatic hydroxyl groups is 1. The Bertz CT molecular complexity index is 1360. The molecule has 9 nitrogen and oxygen atoms in total. The Kier molecular flexibility index (Phi) is 5.80. The van der Waals surface area contributed by atoms with Gasteiger partial charge in [0.2, 0.25) is 5.43 Å². The number of fused-ring (bicyclic) bond motifs is 5. The second-order valence-corrected chi connectivity index (χ2v) is 9.60. The predicted octanol–water partition coefficient (Wildman–Crippen LogP) is 2.87. The first-order valence-corrected chi connectivity index (χ1v) is 11.9. The molecule has 1 saturated heterocycles. The zero-order valence-electron chi connectivity index (χ0n) is 19.9. The number of hydrogen-bond donors (Lipinski definition) is 2. The number of oxime groups is 1. The fourth-order valence-electron chi connectivity index (χ4n) is 5.31. The van der Waals surface area contributed by atoms with Crippen molar-refractivity contribution >= 4 is 17.5 Å². The van der Waals surface area contributed by atoms with E-state index in [4.69, 9.17) is 4.84 Å². The molecule has 1 spiro atoms. The molecule has 1 aromatic heterocycles. The second kappa shape index (κ2) is 8.72. The summed E-state index contributed by atoms with van der Waals surface area (Å²) in [5, 5.41) is 17.5. The minimum Gasteiger partial charge on any atom is -0.503 e. The van der Waals surface area contributed by atoms with E-state index < -0.39 is 51.8 Å². The van der Waals surface area contributed by atoms with E-state index in [-0.39, 0.29) is 30.4 Å². The molecule has 3 atom stereocenters. The molecule has 0 aliphatic carbocycles. The second-order valence-electron chi connectivity index (χ2n) is 9.60. The molecule has 5 rings (SSSR count). The van der Waals surface area contributed by atoms with Gasteiger partial charge in [-0.2, -0.15) is 0 Å². The molecule has 11 heteroatoms. The lowest BCUT2D eigenvalue weighted by atomic mass is 9.83. The minimum atomic E-state index is -1.01. The number of hydrogen-bond acceptors (Lipinski definition) is 6. The van der Waals surface area contributed by atoms with Gasteiger partial charge >= 0.3 is 0 Å². The molecule has 190 valence electrons. The van der Waals surface area contributed by atoms with E-state index in [1.807, 2.05) is 13.8 Å². The van der Waals surface area contributed by atoms with Crippen LogP contribution in [-0.2, 0) is 11.4 Å². The largest absolute Gasteiger partial charge is 0.503 e. The first-order valence-electron chi connectivity index (χ1n) is 11.9. The van der Waals surface area contributed by atoms with Crippen molar-refractivity contribution in [2.24, 2.45) is 5.16 Å². The SMILES string of the molecule is CCC1=NO[C@@]2(CC[C@H](C)N3C[C@H]2n2cc(C(=O)NCc4ccc(F)cc4F)c(=O)c(O)c2C3=O)C1. The first-order chi connectivity index (χ1) is 17.1. The zero-order valence-corrected chi connectivity index (χ0v) is 19.9. The summed E-state index contributed by atoms with van der Waals surface area (Å²) in [6.07, 6.45) is 3.72. The molecule has 3 aliphatic rings. The molecule has 2 aromatic rings. The van der Waals surface area contributed by atoms with E-state index in [1.165, 1.54) is 16.8 Å². The van der Waals surface area contributed by atoms with Crippen LogP contribution in [0.5, 0.6) is 5.75 Å². The molecule has 2 N–H and O–H groups in total. The predicted molar refractivity (Wildman–Crippen MR) is 125 cm³/mol. The van der Waals surface area contributed by atoms with E-state index in [0.29, 0.717) is 31.7 Å². The van der Waals surface area contributed by atoms with Gasteiger partial charge in [0.05, 0.1) is 11.8 Å². The van der Waals surface area contributed by atoms with Gasteiger partial charge in [0.15, 0.2) is 17.0 Å². The lowest BCUT2D eigenvalue weighted by Crippen LogP contribution is -2.52. The molecule has 3 aliphatic heterocycles. The maximum atomic E-state index is 14.0. The fourth-order valence-corrected chi connectivity index (χ4v) is 5.31. The number of benzene rings is 1. The van der Waals surface area contributed by atoms with Crippen LogP contribution in [0.25, 0.3) is 0 Å². The van der Waals surface area contributed by atoms with Gasteiger partial charge in [-0.15, -0.1) is 0 Å². The van der Waals surface area contributed by atoms with Crippen LogP contribution in [0.1, 0.15) is 72.0 Å². The summed E-state index contributed by atoms with van der Waals surface area (Å²) in [5.74, 6) is -3.78. The van der Waals surface area contributed by atoms with E-state index in [9.17, 15) is 28.3 Å². The van der Waals surface area contributed by atoms with E-state index >= 15 is 0 Å². The van der Waals surface area contributed by atoms with E-state index in [1.54, 1.807) is 4.90 Å². The van der Waals surface area contributed by atoms with E-state index in [0.717, 1.165) is 11.8 Å². The average Bonchev–Trinajstić information content (AvgIpc) is 3.23. The first kappa shape index (κ1) is 24.0. The molecular formula is C25H26F2N4O5. The van der Waals surface area contributed by atoms with Crippen LogP contribution in [0.15, 0.2) is 34.3 Å². The normalized spacial score (nSPS) is 24.7. The molecule has 2 bridgehead atoms. The van der Waals surface area contributed by atoms with Gasteiger partial charge in [0, 0.05) is 43.4 Å². The Morgan fingerprint density at radius 1 is 1.33 bits per heavy atom. The lowest BCUT2D eigenvalue weighted by molar-refractivity contribution is -0.0655. The number of carbonyl (C=O) groups is 2. The van der Waals surface area contributed by atoms with Crippen molar-refractivity contribution in [2.45, 2.75) is 63.8 Å². The summed E-state index contributed by atoms with van der Waals surface area (Å²) in [7, 11) is 0. The standard InChI is InChI=1S/C25H26F2N4O5/c1-3-16-9-25(36-29-16)7-6-13(2)30-12-19(25)31-11-17(21(32)22(33)20(31)24(30)35)23(34)28-10-14-4-5-15(26)8-18(14)27/h4-5,8,11,13,19,33H,3,6-7,9-10,12H2,1-2H3,(H,28,34)/t13-,19+,25-/m0/s1. The number of nitrogens with one attached hydrogen (secondary N) is 1. The summed E-state index contributed by atoms with van der Waals surface area (Å²) < 4.78 is 28.6. The molecule has 4 heterocycles. The van der Waals surface area contributed by atoms with Gasteiger partial charge in [0.1, 0.15) is 17.2 Å². The fraction of sp³-hybridized carbons (Fsp3) is 0.440. The van der Waals surface area contributed by atoms with Crippen molar-refractivity contribution in [3.8, 4) is 5.75 Å². The highest BCUT2D eigenvalue weighted by atomic mass is 19.1. The molecular weight excluding hydrogens is 474 g/mol. The highest BCUT2D eigenvalue weighted by molar-refractivity contribution is 5.99. The topological polar surface area (TPSA) is 113 Å². The number of pyridine rings is 1. The highest BCUT2D eigenvalue weighted by Gasteiger charge is 2.54. The van der Waals surface area contributed by atoms with Crippen molar-refractivity contribution in [1.82, 2.24) is 14.8 Å². The number of aromatic nitrogens is 1. The average molecular weight is 501 g/mol. The van der Waals surface area contributed by atoms with Crippen LogP contribution >= 0.6 is 0 Å². The highest BCUT2D eigenvalue weighted by Crippen LogP contribution is 2.46. The van der Waals surface area contributed by atoms with Crippen molar-refractivity contribution in [2.75, 3.05) is 6.54 Å². The van der Waals surface area contributed by atoms with Gasteiger partial charge in [-0.05, 0) is 32.3 Å². The lowest BCUT2D eigenvalue weighted by Gasteiger charge is -2.41. The van der Waals surface area contributed by atoms with Crippen LogP contribution in [-0.4, -0.2) is 50.3 Å². The summed E-state index contributed by atoms with van der Waals surface area (Å²) in [6, 6.07) is 2.29. The van der Waals surface area contributed by atoms with Crippen LogP contribution in [0, 0.1) is 11.6 Å². The number of nitrogens with zero attached hydrogens (tertiary/aromatic N) is 3. The quantitative estimate of drug-likeness (QED) is 0.670. The molecule has 36 heavy (non-hydrogen) atoms. The number of halogens is 2. The Hall–Kier alpha value is -3.76.